The number of carbonyl (C=O) groups excluding carboxylic acids is 1. The molecule has 0 saturated carbocycles. The second-order valence-corrected chi connectivity index (χ2v) is 5.26. The Morgan fingerprint density at radius 2 is 1.74 bits per heavy atom. The first-order valence-electron chi connectivity index (χ1n) is 6.06. The molecule has 23 heavy (non-hydrogen) atoms. The molecule has 0 atom stereocenters. The van der Waals surface area contributed by atoms with Crippen LogP contribution in [0.3, 0.4) is 0 Å². The van der Waals surface area contributed by atoms with Crippen LogP contribution >= 0.6 is 15.9 Å². The van der Waals surface area contributed by atoms with Crippen LogP contribution in [0, 0.1) is 11.6 Å². The Bertz CT molecular complexity index is 725. The molecule has 0 aromatic heterocycles. The molecular formula is C14H8BrF5N2O. The second kappa shape index (κ2) is 6.53. The fraction of sp³-hybridized carbons (Fsp3) is 0.0714. The number of halogens is 6. The van der Waals surface area contributed by atoms with Gasteiger partial charge >= 0.3 is 12.2 Å². The highest BCUT2D eigenvalue weighted by molar-refractivity contribution is 9.10. The summed E-state index contributed by atoms with van der Waals surface area (Å²) in [7, 11) is 0. The Kier molecular flexibility index (Phi) is 4.88. The second-order valence-electron chi connectivity index (χ2n) is 4.40. The summed E-state index contributed by atoms with van der Waals surface area (Å²) in [5, 5.41) is 4.23. The van der Waals surface area contributed by atoms with Gasteiger partial charge in [0.2, 0.25) is 0 Å². The molecule has 0 spiro atoms. The summed E-state index contributed by atoms with van der Waals surface area (Å²) in [5.41, 5.74) is -1.41. The van der Waals surface area contributed by atoms with Gasteiger partial charge in [-0.1, -0.05) is 6.07 Å². The SMILES string of the molecule is O=C(Nc1cccc(C(F)(F)F)c1)Nc1c(F)cc(F)cc1Br. The standard InChI is InChI=1S/C14H8BrF5N2O/c15-10-5-8(16)6-11(17)12(10)22-13(23)21-9-3-1-2-7(4-9)14(18,19)20/h1-6H,(H2,21,22,23). The fourth-order valence-corrected chi connectivity index (χ4v) is 2.22. The van der Waals surface area contributed by atoms with Crippen molar-refractivity contribution >= 4 is 33.3 Å². The third-order valence-electron chi connectivity index (χ3n) is 2.69. The smallest absolute Gasteiger partial charge is 0.308 e. The molecule has 0 aliphatic carbocycles. The van der Waals surface area contributed by atoms with Crippen LogP contribution in [-0.4, -0.2) is 6.03 Å². The lowest BCUT2D eigenvalue weighted by Crippen LogP contribution is -2.21. The molecule has 2 N–H and O–H groups in total. The number of urea groups is 1. The molecule has 2 rings (SSSR count). The highest BCUT2D eigenvalue weighted by atomic mass is 79.9. The van der Waals surface area contributed by atoms with Crippen molar-refractivity contribution in [3.05, 3.63) is 58.1 Å². The van der Waals surface area contributed by atoms with Gasteiger partial charge in [-0.3, -0.25) is 0 Å². The van der Waals surface area contributed by atoms with Gasteiger partial charge in [0.05, 0.1) is 11.3 Å². The monoisotopic (exact) mass is 394 g/mol. The molecule has 0 aliphatic heterocycles. The van der Waals surface area contributed by atoms with Crippen LogP contribution in [-0.2, 0) is 6.18 Å². The van der Waals surface area contributed by atoms with Crippen LogP contribution in [0.25, 0.3) is 0 Å². The van der Waals surface area contributed by atoms with Gasteiger partial charge in [-0.05, 0) is 40.2 Å². The van der Waals surface area contributed by atoms with Crippen molar-refractivity contribution in [3.63, 3.8) is 0 Å². The summed E-state index contributed by atoms with van der Waals surface area (Å²) < 4.78 is 64.2. The van der Waals surface area contributed by atoms with E-state index < -0.39 is 29.4 Å². The summed E-state index contributed by atoms with van der Waals surface area (Å²) in [4.78, 5) is 11.7. The molecule has 0 fully saturated rings. The molecule has 0 saturated heterocycles. The normalized spacial score (nSPS) is 11.2. The van der Waals surface area contributed by atoms with Crippen molar-refractivity contribution in [2.75, 3.05) is 10.6 Å². The summed E-state index contributed by atoms with van der Waals surface area (Å²) in [6.07, 6.45) is -4.56. The molecule has 2 amide bonds. The van der Waals surface area contributed by atoms with Crippen molar-refractivity contribution in [2.24, 2.45) is 0 Å². The van der Waals surface area contributed by atoms with Gasteiger partial charge < -0.3 is 10.6 Å². The topological polar surface area (TPSA) is 41.1 Å². The molecule has 0 unspecified atom stereocenters. The van der Waals surface area contributed by atoms with E-state index in [0.717, 1.165) is 24.3 Å². The van der Waals surface area contributed by atoms with E-state index in [2.05, 4.69) is 26.6 Å². The molecule has 0 bridgehead atoms. The lowest BCUT2D eigenvalue weighted by atomic mass is 10.2. The lowest BCUT2D eigenvalue weighted by molar-refractivity contribution is -0.137. The van der Waals surface area contributed by atoms with E-state index in [4.69, 9.17) is 0 Å². The average Bonchev–Trinajstić information content (AvgIpc) is 2.42. The van der Waals surface area contributed by atoms with Gasteiger partial charge in [-0.15, -0.1) is 0 Å². The van der Waals surface area contributed by atoms with Crippen LogP contribution in [0.15, 0.2) is 40.9 Å². The van der Waals surface area contributed by atoms with Crippen molar-refractivity contribution in [3.8, 4) is 0 Å². The van der Waals surface area contributed by atoms with Crippen molar-refractivity contribution in [2.45, 2.75) is 6.18 Å². The number of nitrogens with one attached hydrogen (secondary N) is 2. The van der Waals surface area contributed by atoms with Gasteiger partial charge in [0.15, 0.2) is 5.82 Å². The van der Waals surface area contributed by atoms with Crippen LogP contribution in [0.1, 0.15) is 5.56 Å². The van der Waals surface area contributed by atoms with Crippen molar-refractivity contribution < 1.29 is 26.7 Å². The molecule has 9 heteroatoms. The molecule has 0 aliphatic rings. The first-order valence-corrected chi connectivity index (χ1v) is 6.86. The highest BCUT2D eigenvalue weighted by Crippen LogP contribution is 2.31. The summed E-state index contributed by atoms with van der Waals surface area (Å²) in [6.45, 7) is 0. The largest absolute Gasteiger partial charge is 0.416 e. The maximum Gasteiger partial charge on any atom is 0.416 e. The first kappa shape index (κ1) is 17.2. The minimum absolute atomic E-state index is 0.0470. The fourth-order valence-electron chi connectivity index (χ4n) is 1.71. The zero-order valence-corrected chi connectivity index (χ0v) is 12.7. The van der Waals surface area contributed by atoms with E-state index in [0.29, 0.717) is 6.07 Å². The van der Waals surface area contributed by atoms with Crippen molar-refractivity contribution in [1.29, 1.82) is 0 Å². The van der Waals surface area contributed by atoms with E-state index in [9.17, 15) is 26.7 Å². The number of hydrogen-bond donors (Lipinski definition) is 2. The molecule has 2 aromatic rings. The minimum Gasteiger partial charge on any atom is -0.308 e. The number of alkyl halides is 3. The Labute approximate surface area is 135 Å². The van der Waals surface area contributed by atoms with Gasteiger partial charge in [-0.2, -0.15) is 13.2 Å². The first-order chi connectivity index (χ1) is 10.7. The van der Waals surface area contributed by atoms with Gasteiger partial charge in [0.1, 0.15) is 5.82 Å². The number of benzene rings is 2. The predicted molar refractivity (Wildman–Crippen MR) is 78.1 cm³/mol. The van der Waals surface area contributed by atoms with E-state index in [1.807, 2.05) is 0 Å². The zero-order valence-electron chi connectivity index (χ0n) is 11.1. The van der Waals surface area contributed by atoms with E-state index in [1.165, 1.54) is 6.07 Å². The van der Waals surface area contributed by atoms with E-state index in [-0.39, 0.29) is 15.8 Å². The van der Waals surface area contributed by atoms with Gasteiger partial charge in [0, 0.05) is 16.2 Å². The predicted octanol–water partition coefficient (Wildman–Crippen LogP) is 5.39. The summed E-state index contributed by atoms with van der Waals surface area (Å²) >= 11 is 2.88. The van der Waals surface area contributed by atoms with Gasteiger partial charge in [-0.25, -0.2) is 13.6 Å². The third kappa shape index (κ3) is 4.41. The third-order valence-corrected chi connectivity index (χ3v) is 3.32. The molecular weight excluding hydrogens is 387 g/mol. The minimum atomic E-state index is -4.56. The molecule has 0 heterocycles. The number of anilines is 2. The van der Waals surface area contributed by atoms with Crippen LogP contribution in [0.2, 0.25) is 0 Å². The van der Waals surface area contributed by atoms with Crippen LogP contribution in [0.5, 0.6) is 0 Å². The van der Waals surface area contributed by atoms with Crippen LogP contribution in [0.4, 0.5) is 38.1 Å². The number of rotatable bonds is 2. The zero-order chi connectivity index (χ0) is 17.2. The Morgan fingerprint density at radius 1 is 1.04 bits per heavy atom. The number of amides is 2. The van der Waals surface area contributed by atoms with Crippen molar-refractivity contribution in [1.82, 2.24) is 0 Å². The Morgan fingerprint density at radius 3 is 2.35 bits per heavy atom. The number of carbonyl (C=O) groups is 1. The maximum absolute atomic E-state index is 13.6. The molecule has 0 radical (unpaired) electrons. The molecule has 2 aromatic carbocycles. The molecule has 122 valence electrons. The Balaban J connectivity index is 2.15. The van der Waals surface area contributed by atoms with Gasteiger partial charge in [0.25, 0.3) is 0 Å². The lowest BCUT2D eigenvalue weighted by Gasteiger charge is -2.12. The van der Waals surface area contributed by atoms with Crippen LogP contribution < -0.4 is 10.6 Å². The highest BCUT2D eigenvalue weighted by Gasteiger charge is 2.30. The molecule has 3 nitrogen and oxygen atoms in total. The maximum atomic E-state index is 13.6. The van der Waals surface area contributed by atoms with E-state index in [1.54, 1.807) is 0 Å². The quantitative estimate of drug-likeness (QED) is 0.658. The summed E-state index contributed by atoms with van der Waals surface area (Å²) in [5.74, 6) is -1.88. The number of hydrogen-bond acceptors (Lipinski definition) is 1. The van der Waals surface area contributed by atoms with E-state index >= 15 is 0 Å². The Hall–Kier alpha value is -2.16. The average molecular weight is 395 g/mol. The summed E-state index contributed by atoms with van der Waals surface area (Å²) in [6, 6.07) is 4.45.